The average Bonchev–Trinajstić information content (AvgIpc) is 2.76. The lowest BCUT2D eigenvalue weighted by molar-refractivity contribution is -0.233. The van der Waals surface area contributed by atoms with Gasteiger partial charge in [-0.15, -0.1) is 0 Å². The molecule has 2 amide bonds. The van der Waals surface area contributed by atoms with E-state index in [2.05, 4.69) is 10.6 Å². The third kappa shape index (κ3) is 4.92. The van der Waals surface area contributed by atoms with E-state index in [1.165, 1.54) is 4.90 Å². The number of alkyl halides is 5. The summed E-state index contributed by atoms with van der Waals surface area (Å²) in [6.07, 6.45) is -3.86. The van der Waals surface area contributed by atoms with Gasteiger partial charge < -0.3 is 20.3 Å². The van der Waals surface area contributed by atoms with Crippen LogP contribution >= 0.6 is 0 Å². The molecule has 2 N–H and O–H groups in total. The predicted octanol–water partition coefficient (Wildman–Crippen LogP) is 3.40. The first kappa shape index (κ1) is 25.6. The molecule has 3 atom stereocenters. The molecule has 1 unspecified atom stereocenters. The van der Waals surface area contributed by atoms with Gasteiger partial charge in [0, 0.05) is 44.9 Å². The van der Waals surface area contributed by atoms with Gasteiger partial charge in [-0.3, -0.25) is 9.59 Å². The van der Waals surface area contributed by atoms with Gasteiger partial charge in [0.1, 0.15) is 5.41 Å². The minimum absolute atomic E-state index is 0.157. The normalized spacial score (nSPS) is 32.6. The predicted molar refractivity (Wildman–Crippen MR) is 113 cm³/mol. The third-order valence-electron chi connectivity index (χ3n) is 8.56. The van der Waals surface area contributed by atoms with Gasteiger partial charge in [0.25, 0.3) is 0 Å². The van der Waals surface area contributed by atoms with Crippen molar-refractivity contribution >= 4 is 11.8 Å². The third-order valence-corrected chi connectivity index (χ3v) is 8.56. The van der Waals surface area contributed by atoms with Crippen molar-refractivity contribution in [3.05, 3.63) is 0 Å². The number of piperidine rings is 2. The topological polar surface area (TPSA) is 70.7 Å². The van der Waals surface area contributed by atoms with Gasteiger partial charge in [-0.1, -0.05) is 0 Å². The molecule has 1 saturated carbocycles. The van der Waals surface area contributed by atoms with Crippen LogP contribution in [0.25, 0.3) is 0 Å². The highest BCUT2D eigenvalue weighted by Crippen LogP contribution is 2.47. The first-order valence-electron chi connectivity index (χ1n) is 12.3. The number of nitrogens with zero attached hydrogens (tertiary/aromatic N) is 1. The van der Waals surface area contributed by atoms with Crippen LogP contribution in [-0.4, -0.2) is 72.7 Å². The van der Waals surface area contributed by atoms with E-state index in [4.69, 9.17) is 4.74 Å². The van der Waals surface area contributed by atoms with Crippen molar-refractivity contribution in [2.75, 3.05) is 26.2 Å². The molecule has 4 rings (SSSR count). The van der Waals surface area contributed by atoms with Crippen LogP contribution in [0, 0.1) is 11.3 Å². The van der Waals surface area contributed by atoms with Gasteiger partial charge in [0.05, 0.1) is 18.2 Å². The van der Waals surface area contributed by atoms with Crippen molar-refractivity contribution in [1.82, 2.24) is 15.5 Å². The molecule has 194 valence electrons. The van der Waals surface area contributed by atoms with E-state index < -0.39 is 48.3 Å². The van der Waals surface area contributed by atoms with Crippen LogP contribution in [0.3, 0.4) is 0 Å². The van der Waals surface area contributed by atoms with Gasteiger partial charge in [-0.25, -0.2) is 8.78 Å². The standard InChI is InChI=1S/C23H34F5N3O3/c1-15(16-2-6-22(24,25)7-3-16)30-19(33)21(23(26,27)28)8-11-31(12-9-21)18(32)17-4-5-20(14-29-17)10-13-34-20/h15-17,29H,2-14H2,1H3,(H,30,33)/t15?,17-,20+/m0/s1. The number of hydrogen-bond donors (Lipinski definition) is 2. The maximum atomic E-state index is 14.2. The minimum Gasteiger partial charge on any atom is -0.373 e. The highest BCUT2D eigenvalue weighted by atomic mass is 19.4. The molecule has 0 aromatic rings. The molecule has 3 saturated heterocycles. The van der Waals surface area contributed by atoms with E-state index in [1.54, 1.807) is 6.92 Å². The molecule has 0 bridgehead atoms. The number of carbonyl (C=O) groups excluding carboxylic acids is 2. The number of nitrogens with one attached hydrogen (secondary N) is 2. The van der Waals surface area contributed by atoms with Crippen LogP contribution in [0.15, 0.2) is 0 Å². The van der Waals surface area contributed by atoms with Crippen molar-refractivity contribution in [3.63, 3.8) is 0 Å². The van der Waals surface area contributed by atoms with E-state index >= 15 is 0 Å². The van der Waals surface area contributed by atoms with Gasteiger partial charge in [0.15, 0.2) is 0 Å². The minimum atomic E-state index is -4.78. The van der Waals surface area contributed by atoms with E-state index in [9.17, 15) is 31.5 Å². The quantitative estimate of drug-likeness (QED) is 0.587. The fraction of sp³-hybridized carbons (Fsp3) is 0.913. The molecule has 0 radical (unpaired) electrons. The maximum absolute atomic E-state index is 14.2. The van der Waals surface area contributed by atoms with Crippen LogP contribution in [-0.2, 0) is 14.3 Å². The lowest BCUT2D eigenvalue weighted by Gasteiger charge is -2.48. The first-order valence-corrected chi connectivity index (χ1v) is 12.3. The summed E-state index contributed by atoms with van der Waals surface area (Å²) in [4.78, 5) is 27.3. The highest BCUT2D eigenvalue weighted by molar-refractivity contribution is 5.85. The largest absolute Gasteiger partial charge is 0.403 e. The van der Waals surface area contributed by atoms with Crippen LogP contribution in [0.4, 0.5) is 22.0 Å². The lowest BCUT2D eigenvalue weighted by Crippen LogP contribution is -2.63. The molecule has 6 nitrogen and oxygen atoms in total. The van der Waals surface area contributed by atoms with Crippen LogP contribution in [0.2, 0.25) is 0 Å². The van der Waals surface area contributed by atoms with E-state index in [-0.39, 0.29) is 56.2 Å². The lowest BCUT2D eigenvalue weighted by atomic mass is 9.75. The van der Waals surface area contributed by atoms with Crippen LogP contribution < -0.4 is 10.6 Å². The summed E-state index contributed by atoms with van der Waals surface area (Å²) in [6, 6.07) is -1.08. The van der Waals surface area contributed by atoms with Gasteiger partial charge in [-0.05, 0) is 51.4 Å². The Morgan fingerprint density at radius 1 is 1.03 bits per heavy atom. The van der Waals surface area contributed by atoms with Gasteiger partial charge in [0.2, 0.25) is 17.7 Å². The van der Waals surface area contributed by atoms with Crippen LogP contribution in [0.5, 0.6) is 0 Å². The van der Waals surface area contributed by atoms with E-state index in [0.717, 1.165) is 12.8 Å². The Hall–Kier alpha value is -1.49. The summed E-state index contributed by atoms with van der Waals surface area (Å²) < 4.78 is 75.0. The number of carbonyl (C=O) groups is 2. The Morgan fingerprint density at radius 2 is 1.65 bits per heavy atom. The summed E-state index contributed by atoms with van der Waals surface area (Å²) >= 11 is 0. The molecule has 11 heteroatoms. The molecule has 3 heterocycles. The molecule has 1 aliphatic carbocycles. The van der Waals surface area contributed by atoms with E-state index in [0.29, 0.717) is 19.6 Å². The summed E-state index contributed by atoms with van der Waals surface area (Å²) in [5.74, 6) is -4.37. The highest BCUT2D eigenvalue weighted by Gasteiger charge is 2.61. The maximum Gasteiger partial charge on any atom is 0.403 e. The Labute approximate surface area is 196 Å². The van der Waals surface area contributed by atoms with Gasteiger partial charge in [-0.2, -0.15) is 13.2 Å². The smallest absolute Gasteiger partial charge is 0.373 e. The number of hydrogen-bond acceptors (Lipinski definition) is 4. The van der Waals surface area contributed by atoms with Crippen molar-refractivity contribution < 1.29 is 36.3 Å². The Balaban J connectivity index is 1.34. The molecule has 34 heavy (non-hydrogen) atoms. The van der Waals surface area contributed by atoms with Crippen molar-refractivity contribution in [1.29, 1.82) is 0 Å². The number of amides is 2. The number of rotatable bonds is 4. The van der Waals surface area contributed by atoms with Crippen LogP contribution in [0.1, 0.15) is 64.7 Å². The fourth-order valence-electron chi connectivity index (χ4n) is 5.84. The van der Waals surface area contributed by atoms with E-state index in [1.807, 2.05) is 0 Å². The summed E-state index contributed by atoms with van der Waals surface area (Å²) in [5.41, 5.74) is -2.78. The van der Waals surface area contributed by atoms with Crippen molar-refractivity contribution in [2.45, 2.75) is 94.5 Å². The molecule has 0 aromatic heterocycles. The summed E-state index contributed by atoms with van der Waals surface area (Å²) in [5, 5.41) is 5.67. The summed E-state index contributed by atoms with van der Waals surface area (Å²) in [6.45, 7) is 2.53. The first-order chi connectivity index (χ1) is 15.9. The zero-order valence-corrected chi connectivity index (χ0v) is 19.5. The zero-order valence-electron chi connectivity index (χ0n) is 19.5. The Morgan fingerprint density at radius 3 is 2.12 bits per heavy atom. The number of ether oxygens (including phenoxy) is 1. The van der Waals surface area contributed by atoms with Crippen molar-refractivity contribution in [2.24, 2.45) is 11.3 Å². The molecule has 0 aromatic carbocycles. The Kier molecular flexibility index (Phi) is 6.92. The second-order valence-electron chi connectivity index (χ2n) is 10.6. The molecule has 4 aliphatic rings. The second kappa shape index (κ2) is 9.19. The molecular formula is C23H34F5N3O3. The average molecular weight is 496 g/mol. The number of halogens is 5. The fourth-order valence-corrected chi connectivity index (χ4v) is 5.84. The molecule has 4 fully saturated rings. The Bertz CT molecular complexity index is 758. The molecule has 1 spiro atoms. The SMILES string of the molecule is CC(NC(=O)C1(C(F)(F)F)CCN(C(=O)[C@@H]2CC[C@@]3(CCO3)CN2)CC1)C1CCC(F)(F)CC1. The zero-order chi connectivity index (χ0) is 24.8. The molecular weight excluding hydrogens is 461 g/mol. The summed E-state index contributed by atoms with van der Waals surface area (Å²) in [7, 11) is 0. The van der Waals surface area contributed by atoms with Gasteiger partial charge >= 0.3 is 6.18 Å². The second-order valence-corrected chi connectivity index (χ2v) is 10.6. The monoisotopic (exact) mass is 495 g/mol. The number of likely N-dealkylation sites (tertiary alicyclic amines) is 1. The molecule has 3 aliphatic heterocycles. The van der Waals surface area contributed by atoms with Crippen molar-refractivity contribution in [3.8, 4) is 0 Å².